The van der Waals surface area contributed by atoms with Crippen molar-refractivity contribution in [3.63, 3.8) is 0 Å². The van der Waals surface area contributed by atoms with E-state index in [-0.39, 0.29) is 24.1 Å². The van der Waals surface area contributed by atoms with Gasteiger partial charge < -0.3 is 10.0 Å². The average Bonchev–Trinajstić information content (AvgIpc) is 3.01. The molecule has 21 heavy (non-hydrogen) atoms. The summed E-state index contributed by atoms with van der Waals surface area (Å²) >= 11 is 1.44. The number of sulfone groups is 1. The molecule has 2 aromatic rings. The number of rotatable bonds is 4. The molecule has 1 unspecified atom stereocenters. The van der Waals surface area contributed by atoms with Crippen LogP contribution in [-0.4, -0.2) is 53.6 Å². The Labute approximate surface area is 125 Å². The second kappa shape index (κ2) is 5.23. The monoisotopic (exact) mass is 327 g/mol. The number of thiophene rings is 1. The van der Waals surface area contributed by atoms with Gasteiger partial charge in [0.2, 0.25) is 0 Å². The van der Waals surface area contributed by atoms with Crippen molar-refractivity contribution in [3.8, 4) is 0 Å². The highest BCUT2D eigenvalue weighted by Crippen LogP contribution is 2.30. The van der Waals surface area contributed by atoms with E-state index in [0.29, 0.717) is 12.2 Å². The third-order valence-corrected chi connectivity index (χ3v) is 6.04. The van der Waals surface area contributed by atoms with Crippen molar-refractivity contribution in [2.75, 3.05) is 23.0 Å². The minimum absolute atomic E-state index is 0.0318. The van der Waals surface area contributed by atoms with E-state index >= 15 is 0 Å². The number of carbonyl (C=O) groups is 1. The Morgan fingerprint density at radius 2 is 2.29 bits per heavy atom. The molecule has 3 rings (SSSR count). The summed E-state index contributed by atoms with van der Waals surface area (Å²) in [5, 5.41) is 11.7. The largest absolute Gasteiger partial charge is 0.480 e. The van der Waals surface area contributed by atoms with E-state index in [1.807, 2.05) is 11.4 Å². The Hall–Kier alpha value is -1.74. The van der Waals surface area contributed by atoms with Crippen LogP contribution in [0.25, 0.3) is 10.2 Å². The first-order valence-corrected chi connectivity index (χ1v) is 9.03. The Morgan fingerprint density at radius 1 is 1.48 bits per heavy atom. The molecule has 2 aromatic heterocycles. The molecule has 0 bridgehead atoms. The van der Waals surface area contributed by atoms with Crippen LogP contribution >= 0.6 is 11.3 Å². The molecule has 1 saturated heterocycles. The fraction of sp³-hybridized carbons (Fsp3) is 0.417. The zero-order valence-corrected chi connectivity index (χ0v) is 12.6. The van der Waals surface area contributed by atoms with Crippen molar-refractivity contribution < 1.29 is 18.3 Å². The highest BCUT2D eigenvalue weighted by molar-refractivity contribution is 7.91. The summed E-state index contributed by atoms with van der Waals surface area (Å²) in [7, 11) is -3.10. The van der Waals surface area contributed by atoms with E-state index in [9.17, 15) is 13.2 Å². The van der Waals surface area contributed by atoms with Gasteiger partial charge in [0, 0.05) is 6.04 Å². The van der Waals surface area contributed by atoms with Gasteiger partial charge in [-0.2, -0.15) is 0 Å². The molecule has 1 atom stereocenters. The van der Waals surface area contributed by atoms with Crippen molar-refractivity contribution in [2.45, 2.75) is 12.5 Å². The van der Waals surface area contributed by atoms with E-state index in [1.165, 1.54) is 17.7 Å². The number of hydrogen-bond acceptors (Lipinski definition) is 7. The third kappa shape index (κ3) is 2.84. The summed E-state index contributed by atoms with van der Waals surface area (Å²) in [5.41, 5.74) is 0. The highest BCUT2D eigenvalue weighted by atomic mass is 32.2. The first-order valence-electron chi connectivity index (χ1n) is 6.33. The number of anilines is 1. The highest BCUT2D eigenvalue weighted by Gasteiger charge is 2.34. The first kappa shape index (κ1) is 14.2. The Bertz CT molecular complexity index is 787. The van der Waals surface area contributed by atoms with Gasteiger partial charge in [-0.3, -0.25) is 4.79 Å². The van der Waals surface area contributed by atoms with Crippen LogP contribution in [0.3, 0.4) is 0 Å². The summed E-state index contributed by atoms with van der Waals surface area (Å²) in [4.78, 5) is 21.8. The molecule has 7 nitrogen and oxygen atoms in total. The van der Waals surface area contributed by atoms with E-state index in [1.54, 1.807) is 4.90 Å². The molecule has 0 spiro atoms. The van der Waals surface area contributed by atoms with Gasteiger partial charge in [0.05, 0.1) is 16.9 Å². The lowest BCUT2D eigenvalue weighted by Crippen LogP contribution is -2.40. The van der Waals surface area contributed by atoms with Crippen LogP contribution < -0.4 is 4.90 Å². The predicted molar refractivity (Wildman–Crippen MR) is 79.5 cm³/mol. The van der Waals surface area contributed by atoms with Crippen LogP contribution in [-0.2, 0) is 14.6 Å². The number of aliphatic carboxylic acids is 1. The molecule has 9 heteroatoms. The second-order valence-electron chi connectivity index (χ2n) is 4.92. The van der Waals surface area contributed by atoms with Crippen molar-refractivity contribution in [1.29, 1.82) is 0 Å². The van der Waals surface area contributed by atoms with Gasteiger partial charge in [0.25, 0.3) is 0 Å². The van der Waals surface area contributed by atoms with Gasteiger partial charge in [-0.25, -0.2) is 18.4 Å². The van der Waals surface area contributed by atoms with E-state index in [4.69, 9.17) is 5.11 Å². The zero-order chi connectivity index (χ0) is 15.0. The zero-order valence-electron chi connectivity index (χ0n) is 11.0. The van der Waals surface area contributed by atoms with Crippen LogP contribution in [0.4, 0.5) is 5.82 Å². The lowest BCUT2D eigenvalue weighted by atomic mass is 10.2. The summed E-state index contributed by atoms with van der Waals surface area (Å²) in [6.07, 6.45) is 1.80. The van der Waals surface area contributed by atoms with Gasteiger partial charge in [-0.1, -0.05) is 0 Å². The molecule has 0 aromatic carbocycles. The average molecular weight is 327 g/mol. The number of aromatic nitrogens is 2. The van der Waals surface area contributed by atoms with Crippen LogP contribution in [0.5, 0.6) is 0 Å². The van der Waals surface area contributed by atoms with Crippen molar-refractivity contribution >= 4 is 43.2 Å². The molecule has 0 amide bonds. The topological polar surface area (TPSA) is 100 Å². The molecule has 0 aliphatic carbocycles. The maximum absolute atomic E-state index is 11.7. The van der Waals surface area contributed by atoms with Crippen LogP contribution in [0.2, 0.25) is 0 Å². The van der Waals surface area contributed by atoms with E-state index in [0.717, 1.165) is 10.2 Å². The molecule has 3 heterocycles. The minimum Gasteiger partial charge on any atom is -0.480 e. The quantitative estimate of drug-likeness (QED) is 0.885. The minimum atomic E-state index is -3.10. The molecule has 0 radical (unpaired) electrons. The summed E-state index contributed by atoms with van der Waals surface area (Å²) in [5.74, 6) is -0.464. The lowest BCUT2D eigenvalue weighted by molar-refractivity contribution is -0.135. The van der Waals surface area contributed by atoms with Crippen LogP contribution in [0, 0.1) is 0 Å². The number of nitrogens with zero attached hydrogens (tertiary/aromatic N) is 3. The van der Waals surface area contributed by atoms with Gasteiger partial charge in [0.1, 0.15) is 23.5 Å². The maximum atomic E-state index is 11.7. The molecule has 1 fully saturated rings. The van der Waals surface area contributed by atoms with Gasteiger partial charge >= 0.3 is 5.97 Å². The van der Waals surface area contributed by atoms with Crippen LogP contribution in [0.15, 0.2) is 17.8 Å². The van der Waals surface area contributed by atoms with Crippen molar-refractivity contribution in [1.82, 2.24) is 9.97 Å². The van der Waals surface area contributed by atoms with E-state index < -0.39 is 15.8 Å². The summed E-state index contributed by atoms with van der Waals surface area (Å²) in [6, 6.07) is 1.47. The smallest absolute Gasteiger partial charge is 0.323 e. The summed E-state index contributed by atoms with van der Waals surface area (Å²) < 4.78 is 23.3. The Balaban J connectivity index is 2.03. The fourth-order valence-electron chi connectivity index (χ4n) is 2.55. The van der Waals surface area contributed by atoms with E-state index in [2.05, 4.69) is 9.97 Å². The normalized spacial score (nSPS) is 20.7. The lowest BCUT2D eigenvalue weighted by Gasteiger charge is -2.27. The fourth-order valence-corrected chi connectivity index (χ4v) is 5.01. The third-order valence-electron chi connectivity index (χ3n) is 3.47. The molecule has 1 aliphatic rings. The first-order chi connectivity index (χ1) is 9.96. The SMILES string of the molecule is O=C(O)CN(c1ncnc2sccc12)C1CCS(=O)(=O)C1. The van der Waals surface area contributed by atoms with Gasteiger partial charge in [-0.15, -0.1) is 11.3 Å². The van der Waals surface area contributed by atoms with Gasteiger partial charge in [0.15, 0.2) is 9.84 Å². The molecular formula is C12H13N3O4S2. The summed E-state index contributed by atoms with van der Waals surface area (Å²) in [6.45, 7) is -0.276. The Kier molecular flexibility index (Phi) is 3.54. The second-order valence-corrected chi connectivity index (χ2v) is 8.04. The van der Waals surface area contributed by atoms with Gasteiger partial charge in [-0.05, 0) is 17.9 Å². The number of carboxylic acid groups (broad SMARTS) is 1. The number of fused-ring (bicyclic) bond motifs is 1. The number of carboxylic acids is 1. The maximum Gasteiger partial charge on any atom is 0.323 e. The molecule has 1 aliphatic heterocycles. The van der Waals surface area contributed by atoms with Crippen molar-refractivity contribution in [2.24, 2.45) is 0 Å². The Morgan fingerprint density at radius 3 is 2.95 bits per heavy atom. The van der Waals surface area contributed by atoms with Crippen molar-refractivity contribution in [3.05, 3.63) is 17.8 Å². The standard InChI is InChI=1S/C12H13N3O4S2/c16-10(17)5-15(8-2-4-21(18,19)6-8)11-9-1-3-20-12(9)14-7-13-11/h1,3,7-8H,2,4-6H2,(H,16,17). The molecular weight excluding hydrogens is 314 g/mol. The molecule has 1 N–H and O–H groups in total. The van der Waals surface area contributed by atoms with Crippen LogP contribution in [0.1, 0.15) is 6.42 Å². The number of hydrogen-bond donors (Lipinski definition) is 1. The molecule has 0 saturated carbocycles. The predicted octanol–water partition coefficient (Wildman–Crippen LogP) is 0.769. The molecule has 112 valence electrons.